The number of benzene rings is 2. The number of amides is 2. The standard InChI is InChI=1S/C18H17BrN2O2/c1-14-7-2-3-10-17(14)21-18(22)20-11-4-5-12-23-16-9-6-8-15(19)13-16/h2-3,6-10,13H,11-12H2,1H3,(H2,20,21,22). The quantitative estimate of drug-likeness (QED) is 0.798. The van der Waals surface area contributed by atoms with Crippen LogP contribution in [0.1, 0.15) is 5.56 Å². The Kier molecular flexibility index (Phi) is 6.52. The van der Waals surface area contributed by atoms with Crippen molar-refractivity contribution < 1.29 is 9.53 Å². The first-order valence-electron chi connectivity index (χ1n) is 7.10. The number of ether oxygens (including phenoxy) is 1. The molecule has 0 aliphatic rings. The summed E-state index contributed by atoms with van der Waals surface area (Å²) in [6.07, 6.45) is 0. The topological polar surface area (TPSA) is 50.4 Å². The van der Waals surface area contributed by atoms with Gasteiger partial charge in [-0.25, -0.2) is 4.79 Å². The number of halogens is 1. The maximum absolute atomic E-state index is 11.7. The molecule has 0 bridgehead atoms. The van der Waals surface area contributed by atoms with E-state index in [1.165, 1.54) is 0 Å². The summed E-state index contributed by atoms with van der Waals surface area (Å²) in [5.74, 6) is 6.45. The van der Waals surface area contributed by atoms with Crippen LogP contribution in [0.2, 0.25) is 0 Å². The number of para-hydroxylation sites is 1. The molecule has 5 heteroatoms. The monoisotopic (exact) mass is 372 g/mol. The van der Waals surface area contributed by atoms with Crippen molar-refractivity contribution in [2.24, 2.45) is 0 Å². The molecule has 0 spiro atoms. The average Bonchev–Trinajstić information content (AvgIpc) is 2.53. The summed E-state index contributed by atoms with van der Waals surface area (Å²) in [6, 6.07) is 14.9. The number of aryl methyl sites for hydroxylation is 1. The van der Waals surface area contributed by atoms with Gasteiger partial charge in [0.25, 0.3) is 0 Å². The summed E-state index contributed by atoms with van der Waals surface area (Å²) in [6.45, 7) is 2.48. The molecule has 2 N–H and O–H groups in total. The summed E-state index contributed by atoms with van der Waals surface area (Å²) in [7, 11) is 0. The van der Waals surface area contributed by atoms with Gasteiger partial charge in [0.2, 0.25) is 0 Å². The zero-order chi connectivity index (χ0) is 16.5. The number of carbonyl (C=O) groups is 1. The molecule has 0 unspecified atom stereocenters. The van der Waals surface area contributed by atoms with E-state index in [9.17, 15) is 4.79 Å². The molecular formula is C18H17BrN2O2. The van der Waals surface area contributed by atoms with Crippen LogP contribution in [0.3, 0.4) is 0 Å². The molecule has 0 fully saturated rings. The lowest BCUT2D eigenvalue weighted by atomic mass is 10.2. The molecule has 23 heavy (non-hydrogen) atoms. The van der Waals surface area contributed by atoms with E-state index in [1.54, 1.807) is 0 Å². The minimum absolute atomic E-state index is 0.263. The molecule has 0 saturated carbocycles. The van der Waals surface area contributed by atoms with Crippen LogP contribution in [-0.4, -0.2) is 19.2 Å². The zero-order valence-electron chi connectivity index (χ0n) is 12.7. The minimum Gasteiger partial charge on any atom is -0.481 e. The van der Waals surface area contributed by atoms with E-state index in [1.807, 2.05) is 55.5 Å². The molecule has 0 aliphatic heterocycles. The second kappa shape index (κ2) is 8.86. The van der Waals surface area contributed by atoms with Gasteiger partial charge in [-0.05, 0) is 36.8 Å². The molecule has 0 radical (unpaired) electrons. The van der Waals surface area contributed by atoms with Crippen LogP contribution in [-0.2, 0) is 0 Å². The van der Waals surface area contributed by atoms with Crippen molar-refractivity contribution in [2.75, 3.05) is 18.5 Å². The van der Waals surface area contributed by atoms with Crippen molar-refractivity contribution in [3.8, 4) is 17.6 Å². The van der Waals surface area contributed by atoms with Gasteiger partial charge in [0.15, 0.2) is 0 Å². The van der Waals surface area contributed by atoms with Crippen LogP contribution in [0.25, 0.3) is 0 Å². The van der Waals surface area contributed by atoms with E-state index in [0.717, 1.165) is 21.5 Å². The molecule has 118 valence electrons. The van der Waals surface area contributed by atoms with E-state index in [2.05, 4.69) is 38.4 Å². The van der Waals surface area contributed by atoms with Crippen LogP contribution in [0.5, 0.6) is 5.75 Å². The zero-order valence-corrected chi connectivity index (χ0v) is 14.3. The lowest BCUT2D eigenvalue weighted by Gasteiger charge is -2.07. The van der Waals surface area contributed by atoms with Gasteiger partial charge < -0.3 is 15.4 Å². The number of carbonyl (C=O) groups excluding carboxylic acids is 1. The van der Waals surface area contributed by atoms with Crippen LogP contribution in [0, 0.1) is 18.8 Å². The summed E-state index contributed by atoms with van der Waals surface area (Å²) in [4.78, 5) is 11.7. The summed E-state index contributed by atoms with van der Waals surface area (Å²) < 4.78 is 6.43. The van der Waals surface area contributed by atoms with E-state index in [0.29, 0.717) is 0 Å². The second-order valence-corrected chi connectivity index (χ2v) is 5.64. The first-order chi connectivity index (χ1) is 11.1. The molecule has 0 aliphatic carbocycles. The van der Waals surface area contributed by atoms with E-state index in [4.69, 9.17) is 4.74 Å². The Balaban J connectivity index is 1.69. The van der Waals surface area contributed by atoms with Gasteiger partial charge in [-0.2, -0.15) is 0 Å². The number of hydrogen-bond donors (Lipinski definition) is 2. The van der Waals surface area contributed by atoms with Crippen molar-refractivity contribution in [3.05, 3.63) is 58.6 Å². The van der Waals surface area contributed by atoms with Crippen molar-refractivity contribution in [2.45, 2.75) is 6.92 Å². The fourth-order valence-electron chi connectivity index (χ4n) is 1.79. The molecule has 0 heterocycles. The Labute approximate surface area is 144 Å². The molecule has 4 nitrogen and oxygen atoms in total. The van der Waals surface area contributed by atoms with Crippen molar-refractivity contribution >= 4 is 27.6 Å². The number of rotatable bonds is 4. The third-order valence-corrected chi connectivity index (χ3v) is 3.46. The van der Waals surface area contributed by atoms with Crippen LogP contribution >= 0.6 is 15.9 Å². The van der Waals surface area contributed by atoms with E-state index >= 15 is 0 Å². The Morgan fingerprint density at radius 2 is 2.00 bits per heavy atom. The number of urea groups is 1. The van der Waals surface area contributed by atoms with Crippen LogP contribution in [0.15, 0.2) is 53.0 Å². The van der Waals surface area contributed by atoms with E-state index < -0.39 is 0 Å². The fraction of sp³-hybridized carbons (Fsp3) is 0.167. The highest BCUT2D eigenvalue weighted by molar-refractivity contribution is 9.10. The van der Waals surface area contributed by atoms with Gasteiger partial charge in [-0.15, -0.1) is 0 Å². The van der Waals surface area contributed by atoms with Gasteiger partial charge in [0, 0.05) is 10.2 Å². The number of nitrogens with one attached hydrogen (secondary N) is 2. The number of hydrogen-bond acceptors (Lipinski definition) is 2. The lowest BCUT2D eigenvalue weighted by molar-refractivity contribution is 0.253. The summed E-state index contributed by atoms with van der Waals surface area (Å²) in [5, 5.41) is 5.46. The van der Waals surface area contributed by atoms with Crippen LogP contribution in [0.4, 0.5) is 10.5 Å². The molecule has 0 aromatic heterocycles. The Morgan fingerprint density at radius 3 is 2.78 bits per heavy atom. The van der Waals surface area contributed by atoms with Gasteiger partial charge in [-0.1, -0.05) is 52.0 Å². The largest absolute Gasteiger partial charge is 0.481 e. The predicted molar refractivity (Wildman–Crippen MR) is 95.6 cm³/mol. The maximum Gasteiger partial charge on any atom is 0.320 e. The summed E-state index contributed by atoms with van der Waals surface area (Å²) >= 11 is 3.37. The molecule has 2 rings (SSSR count). The van der Waals surface area contributed by atoms with Gasteiger partial charge in [0.05, 0.1) is 6.54 Å². The normalized spacial score (nSPS) is 9.48. The van der Waals surface area contributed by atoms with Crippen molar-refractivity contribution in [3.63, 3.8) is 0 Å². The maximum atomic E-state index is 11.7. The molecule has 2 aromatic rings. The first-order valence-corrected chi connectivity index (χ1v) is 7.89. The highest BCUT2D eigenvalue weighted by Crippen LogP contribution is 2.17. The molecule has 0 saturated heterocycles. The van der Waals surface area contributed by atoms with Crippen molar-refractivity contribution in [1.82, 2.24) is 5.32 Å². The highest BCUT2D eigenvalue weighted by Gasteiger charge is 2.01. The van der Waals surface area contributed by atoms with Crippen molar-refractivity contribution in [1.29, 1.82) is 0 Å². The highest BCUT2D eigenvalue weighted by atomic mass is 79.9. The smallest absolute Gasteiger partial charge is 0.320 e. The molecular weight excluding hydrogens is 356 g/mol. The van der Waals surface area contributed by atoms with Crippen LogP contribution < -0.4 is 15.4 Å². The van der Waals surface area contributed by atoms with Gasteiger partial charge in [0.1, 0.15) is 12.4 Å². The Bertz CT molecular complexity index is 735. The van der Waals surface area contributed by atoms with E-state index in [-0.39, 0.29) is 19.2 Å². The third-order valence-electron chi connectivity index (χ3n) is 2.96. The number of anilines is 1. The summed E-state index contributed by atoms with van der Waals surface area (Å²) in [5.41, 5.74) is 1.80. The lowest BCUT2D eigenvalue weighted by Crippen LogP contribution is -2.29. The fourth-order valence-corrected chi connectivity index (χ4v) is 2.17. The Hall–Kier alpha value is -2.45. The molecule has 2 aromatic carbocycles. The second-order valence-electron chi connectivity index (χ2n) is 4.72. The van der Waals surface area contributed by atoms with Gasteiger partial charge in [-0.3, -0.25) is 0 Å². The predicted octanol–water partition coefficient (Wildman–Crippen LogP) is 3.96. The molecule has 0 atom stereocenters. The SMILES string of the molecule is Cc1ccccc1NC(=O)NCC#CCOc1cccc(Br)c1. The third kappa shape index (κ3) is 6.05. The van der Waals surface area contributed by atoms with Gasteiger partial charge >= 0.3 is 6.03 Å². The molecule has 2 amide bonds. The minimum atomic E-state index is -0.276. The average molecular weight is 373 g/mol. The Morgan fingerprint density at radius 1 is 1.17 bits per heavy atom. The first kappa shape index (κ1) is 16.9.